The normalized spacial score (nSPS) is 25.6. The van der Waals surface area contributed by atoms with Crippen molar-refractivity contribution in [1.29, 1.82) is 0 Å². The Morgan fingerprint density at radius 3 is 1.52 bits per heavy atom. The van der Waals surface area contributed by atoms with Crippen LogP contribution in [0.5, 0.6) is 5.75 Å². The minimum Gasteiger partial charge on any atom is -0.506 e. The maximum atomic E-state index is 14.4. The Bertz CT molecular complexity index is 4650. The summed E-state index contributed by atoms with van der Waals surface area (Å²) in [5.41, 5.74) is 50.9. The molecule has 43 heteroatoms. The molecular weight excluding hydrogens is 1500 g/mol. The SMILES string of the molecule is CCCC(N)C(=O)N(Cc1ccccc1)[C@H]1C(O)[C@@H](CO)O[C@H]1n1cnc2c(N)ncnc21.CCCC(N)C(=O)N[C@H]1C(O)[C@@H](CO)O[C@H]1n1cc(O)c2c(N)ccnc21.CCCC(N)C(=O)N[C@H]1C(O)[C@@H](CO)O[C@H]1n1cnc2c(N)ncc(F)c21.Nc1ccnc2c1ncn2[C@@H]1O[C@H](CO)C(O)[C@@H]1NC(=O)C(N)CCCF. The van der Waals surface area contributed by atoms with Gasteiger partial charge in [-0.05, 0) is 49.8 Å². The van der Waals surface area contributed by atoms with Crippen molar-refractivity contribution < 1.29 is 92.9 Å². The first-order valence-corrected chi connectivity index (χ1v) is 37.0. The predicted molar refractivity (Wildman–Crippen MR) is 406 cm³/mol. The van der Waals surface area contributed by atoms with E-state index in [0.29, 0.717) is 70.4 Å². The molecule has 8 unspecified atom stereocenters. The number of hydrogen-bond acceptors (Lipinski definition) is 33. The van der Waals surface area contributed by atoms with E-state index in [9.17, 15) is 73.9 Å². The number of ether oxygens (including phenoxy) is 4. The summed E-state index contributed by atoms with van der Waals surface area (Å²) in [6.45, 7) is 3.61. The van der Waals surface area contributed by atoms with Gasteiger partial charge in [0.15, 0.2) is 53.7 Å². The summed E-state index contributed by atoms with van der Waals surface area (Å²) in [7, 11) is 0. The zero-order chi connectivity index (χ0) is 82.5. The molecule has 12 heterocycles. The van der Waals surface area contributed by atoms with Gasteiger partial charge in [0.05, 0.1) is 99.7 Å². The van der Waals surface area contributed by atoms with Gasteiger partial charge >= 0.3 is 0 Å². The molecule has 114 heavy (non-hydrogen) atoms. The lowest BCUT2D eigenvalue weighted by Gasteiger charge is -2.35. The Morgan fingerprint density at radius 1 is 0.526 bits per heavy atom. The Labute approximate surface area is 649 Å². The first-order chi connectivity index (χ1) is 54.7. The van der Waals surface area contributed by atoms with E-state index in [0.717, 1.165) is 24.6 Å². The van der Waals surface area contributed by atoms with Crippen molar-refractivity contribution in [2.24, 2.45) is 22.9 Å². The van der Waals surface area contributed by atoms with Gasteiger partial charge in [0, 0.05) is 24.6 Å². The van der Waals surface area contributed by atoms with Crippen molar-refractivity contribution in [3.63, 3.8) is 0 Å². The Hall–Kier alpha value is -10.2. The molecule has 4 saturated heterocycles. The number of aromatic hydroxyl groups is 1. The standard InChI is InChI=1S/C22H29N7O4.C17H25N5O5.2C16H23FN6O4/c1-2-6-14(23)21(32)28(9-13-7-4-3-5-8-13)17-18(31)15(10-30)33-22(17)29-12-27-16-19(24)25-11-26-20(16)29;1-2-3-9(19)16(26)21-13-14(25)11(7-23)27-17(13)22-6-10(24)12-8(18)4-5-20-15(12)22;17-4-1-2-9(19)15(26)22-12-13(25)10(6-24)27-16(12)23-7-21-11-8(18)3-5-20-14(11)23;1-2-3-8(18)15(26)22-11-13(25)9(5-24)27-16(11)23-6-21-10-12(23)7(17)4-20-14(10)19/h3-5,7-8,11-12,14-15,17-18,22,30-31H,2,6,9-10,23H2,1H3,(H2,24,25,26);4-6,9,11,13-14,17,23-25H,2-3,7,19H2,1H3,(H2,18,20)(H,21,26);3,5,7,9-10,12-13,16,24-25H,1-2,4,6,19H2,(H2,18,20)(H,22,26);4,6,8-9,11,13,16,24-25H,2-3,5,18H2,1H3,(H2,19,20)(H,22,26)/t14?,15-,17+,18?,22-;9?,11-,13+,14?,17-;9?,10-,12+,13?,16-;8?,9-,11+,13?,16-/m1111/s1. The van der Waals surface area contributed by atoms with Gasteiger partial charge in [0.1, 0.15) is 113 Å². The van der Waals surface area contributed by atoms with Crippen molar-refractivity contribution >= 4 is 91.0 Å². The maximum absolute atomic E-state index is 14.4. The summed E-state index contributed by atoms with van der Waals surface area (Å²) in [4.78, 5) is 85.0. The molecule has 13 rings (SSSR count). The number of aliphatic hydroxyl groups excluding tert-OH is 8. The third-order valence-corrected chi connectivity index (χ3v) is 20.0. The number of hydrogen-bond donors (Lipinski definition) is 20. The van der Waals surface area contributed by atoms with Gasteiger partial charge in [-0.1, -0.05) is 70.4 Å². The number of fused-ring (bicyclic) bond motifs is 4. The van der Waals surface area contributed by atoms with E-state index in [2.05, 4.69) is 55.8 Å². The van der Waals surface area contributed by atoms with E-state index in [1.807, 2.05) is 51.1 Å². The summed E-state index contributed by atoms with van der Waals surface area (Å²) in [5, 5.41) is 99.4. The van der Waals surface area contributed by atoms with E-state index in [1.54, 1.807) is 16.7 Å². The molecule has 0 saturated carbocycles. The number of halogens is 2. The van der Waals surface area contributed by atoms with Crippen LogP contribution in [0.25, 0.3) is 44.4 Å². The van der Waals surface area contributed by atoms with Crippen LogP contribution in [0.4, 0.5) is 31.8 Å². The molecule has 20 atom stereocenters. The number of rotatable bonds is 27. The summed E-state index contributed by atoms with van der Waals surface area (Å²) in [5.74, 6) is -2.31. The highest BCUT2D eigenvalue weighted by atomic mass is 19.1. The Balaban J connectivity index is 0.000000162. The minimum atomic E-state index is -1.22. The van der Waals surface area contributed by atoms with Crippen LogP contribution in [0.3, 0.4) is 0 Å². The number of pyridine rings is 3. The monoisotopic (exact) mass is 1600 g/mol. The first-order valence-electron chi connectivity index (χ1n) is 37.0. The third-order valence-electron chi connectivity index (χ3n) is 20.0. The summed E-state index contributed by atoms with van der Waals surface area (Å²) in [6.07, 6.45) is 2.67. The van der Waals surface area contributed by atoms with Crippen LogP contribution in [0.2, 0.25) is 0 Å². The molecule has 41 nitrogen and oxygen atoms in total. The van der Waals surface area contributed by atoms with Crippen LogP contribution < -0.4 is 61.8 Å². The zero-order valence-corrected chi connectivity index (χ0v) is 62.6. The van der Waals surface area contributed by atoms with Crippen LogP contribution in [0.1, 0.15) is 103 Å². The lowest BCUT2D eigenvalue weighted by molar-refractivity contribution is -0.140. The number of nitrogens with two attached hydrogens (primary N) is 8. The highest BCUT2D eigenvalue weighted by Gasteiger charge is 2.52. The van der Waals surface area contributed by atoms with Gasteiger partial charge < -0.3 is 132 Å². The average Bonchev–Trinajstić information content (AvgIpc) is 1.61. The van der Waals surface area contributed by atoms with Gasteiger partial charge in [0.2, 0.25) is 23.6 Å². The molecule has 8 aromatic heterocycles. The summed E-state index contributed by atoms with van der Waals surface area (Å²) in [6, 6.07) is 5.82. The van der Waals surface area contributed by atoms with Gasteiger partial charge in [-0.3, -0.25) is 41.8 Å². The highest BCUT2D eigenvalue weighted by molar-refractivity contribution is 5.94. The van der Waals surface area contributed by atoms with Crippen molar-refractivity contribution in [3.8, 4) is 5.75 Å². The molecule has 9 aromatic rings. The smallest absolute Gasteiger partial charge is 0.240 e. The van der Waals surface area contributed by atoms with Crippen molar-refractivity contribution in [1.82, 2.24) is 79.0 Å². The topological polar surface area (TPSA) is 658 Å². The number of anilines is 4. The fraction of sp³-hybridized carbons (Fsp3) is 0.521. The van der Waals surface area contributed by atoms with Crippen molar-refractivity contribution in [3.05, 3.63) is 104 Å². The van der Waals surface area contributed by atoms with Crippen LogP contribution in [-0.4, -0.2) is 263 Å². The number of nitrogen functional groups attached to an aromatic ring is 4. The Kier molecular flexibility index (Phi) is 29.3. The molecular formula is C71H100F2N24O17. The van der Waals surface area contributed by atoms with Crippen LogP contribution in [-0.2, 0) is 44.7 Å². The molecule has 620 valence electrons. The number of carbonyl (C=O) groups is 4. The Morgan fingerprint density at radius 2 is 0.974 bits per heavy atom. The zero-order valence-electron chi connectivity index (χ0n) is 62.6. The number of aromatic nitrogens is 12. The van der Waals surface area contributed by atoms with Crippen LogP contribution >= 0.6 is 0 Å². The number of benzene rings is 1. The van der Waals surface area contributed by atoms with Gasteiger partial charge in [-0.15, -0.1) is 0 Å². The van der Waals surface area contributed by atoms with E-state index in [4.69, 9.17) is 64.8 Å². The van der Waals surface area contributed by atoms with Gasteiger partial charge in [-0.25, -0.2) is 44.3 Å². The van der Waals surface area contributed by atoms with E-state index in [1.165, 1.54) is 62.5 Å². The molecule has 0 spiro atoms. The van der Waals surface area contributed by atoms with Gasteiger partial charge in [0.25, 0.3) is 0 Å². The van der Waals surface area contributed by atoms with Crippen LogP contribution in [0.15, 0.2) is 92.6 Å². The number of amides is 4. The third kappa shape index (κ3) is 18.4. The lowest BCUT2D eigenvalue weighted by atomic mass is 10.0. The molecule has 4 amide bonds. The molecule has 28 N–H and O–H groups in total. The fourth-order valence-electron chi connectivity index (χ4n) is 14.0. The highest BCUT2D eigenvalue weighted by Crippen LogP contribution is 2.41. The number of aliphatic hydroxyl groups is 8. The molecule has 4 aliphatic rings. The maximum Gasteiger partial charge on any atom is 0.240 e. The minimum absolute atomic E-state index is 0.0235. The summed E-state index contributed by atoms with van der Waals surface area (Å²) >= 11 is 0. The van der Waals surface area contributed by atoms with E-state index in [-0.39, 0.29) is 53.7 Å². The predicted octanol–water partition coefficient (Wildman–Crippen LogP) is -2.79. The molecule has 0 bridgehead atoms. The molecule has 1 aromatic carbocycles. The molecule has 0 radical (unpaired) electrons. The van der Waals surface area contributed by atoms with Crippen molar-refractivity contribution in [2.45, 2.75) is 201 Å². The largest absolute Gasteiger partial charge is 0.506 e. The fourth-order valence-corrected chi connectivity index (χ4v) is 14.0. The van der Waals surface area contributed by atoms with Crippen molar-refractivity contribution in [2.75, 3.05) is 56.0 Å². The van der Waals surface area contributed by atoms with E-state index < -0.39 is 179 Å². The first kappa shape index (κ1) is 86.2. The second-order valence-corrected chi connectivity index (χ2v) is 27.8. The quantitative estimate of drug-likeness (QED) is 0.0247. The number of nitrogens with zero attached hydrogens (tertiary/aromatic N) is 13. The summed E-state index contributed by atoms with van der Waals surface area (Å²) < 4.78 is 55.7. The number of carbonyl (C=O) groups excluding carboxylic acids is 4. The molecule has 4 aliphatic heterocycles. The lowest BCUT2D eigenvalue weighted by Crippen LogP contribution is -2.54. The number of imidazole rings is 3. The second kappa shape index (κ2) is 38.8. The number of nitrogens with one attached hydrogen (secondary N) is 3. The average molecular weight is 1600 g/mol. The second-order valence-electron chi connectivity index (χ2n) is 27.8. The number of alkyl halides is 1. The molecule has 4 fully saturated rings. The van der Waals surface area contributed by atoms with Crippen LogP contribution in [0, 0.1) is 5.82 Å². The molecule has 0 aliphatic carbocycles. The van der Waals surface area contributed by atoms with E-state index >= 15 is 0 Å². The van der Waals surface area contributed by atoms with Gasteiger partial charge in [-0.2, -0.15) is 0 Å².